The maximum atomic E-state index is 12.5. The number of rotatable bonds is 6. The molecule has 4 heterocycles. The zero-order valence-electron chi connectivity index (χ0n) is 15.6. The topological polar surface area (TPSA) is 61.1 Å². The fourth-order valence-corrected chi connectivity index (χ4v) is 4.41. The van der Waals surface area contributed by atoms with Crippen LogP contribution in [0.5, 0.6) is 0 Å². The van der Waals surface area contributed by atoms with Gasteiger partial charge in [-0.1, -0.05) is 0 Å². The zero-order chi connectivity index (χ0) is 18.0. The number of furan rings is 1. The number of likely N-dealkylation sites (tertiary alicyclic amines) is 1. The van der Waals surface area contributed by atoms with E-state index in [1.54, 1.807) is 6.26 Å². The van der Waals surface area contributed by atoms with Crippen LogP contribution in [-0.2, 0) is 14.2 Å². The van der Waals surface area contributed by atoms with Crippen LogP contribution >= 0.6 is 0 Å². The molecule has 0 radical (unpaired) electrons. The fourth-order valence-electron chi connectivity index (χ4n) is 4.41. The monoisotopic (exact) mass is 363 g/mol. The lowest BCUT2D eigenvalue weighted by molar-refractivity contribution is -0.121. The molecule has 1 amide bonds. The fraction of sp³-hybridized carbons (Fsp3) is 0.750. The number of nitrogens with zero attached hydrogens (tertiary/aromatic N) is 1. The molecule has 6 nitrogen and oxygen atoms in total. The van der Waals surface area contributed by atoms with E-state index in [0.717, 1.165) is 64.3 Å². The average Bonchev–Trinajstić information content (AvgIpc) is 3.24. The number of hydrogen-bond donors (Lipinski definition) is 0. The van der Waals surface area contributed by atoms with Gasteiger partial charge in [0.25, 0.3) is 5.91 Å². The number of ether oxygens (including phenoxy) is 3. The van der Waals surface area contributed by atoms with E-state index in [0.29, 0.717) is 30.7 Å². The van der Waals surface area contributed by atoms with Gasteiger partial charge in [-0.3, -0.25) is 4.79 Å². The molecule has 1 spiro atoms. The van der Waals surface area contributed by atoms with Crippen LogP contribution in [0.3, 0.4) is 0 Å². The highest BCUT2D eigenvalue weighted by Crippen LogP contribution is 2.42. The van der Waals surface area contributed by atoms with Gasteiger partial charge in [0, 0.05) is 38.6 Å². The minimum atomic E-state index is -0.168. The van der Waals surface area contributed by atoms with Crippen molar-refractivity contribution in [2.75, 3.05) is 46.1 Å². The van der Waals surface area contributed by atoms with Gasteiger partial charge in [0.05, 0.1) is 19.4 Å². The molecule has 3 fully saturated rings. The van der Waals surface area contributed by atoms with Crippen molar-refractivity contribution in [3.8, 4) is 0 Å². The number of amides is 1. The largest absolute Gasteiger partial charge is 0.459 e. The smallest absolute Gasteiger partial charge is 0.290 e. The summed E-state index contributed by atoms with van der Waals surface area (Å²) in [5, 5.41) is 0. The first-order chi connectivity index (χ1) is 12.7. The first-order valence-corrected chi connectivity index (χ1v) is 9.81. The summed E-state index contributed by atoms with van der Waals surface area (Å²) >= 11 is 0. The van der Waals surface area contributed by atoms with E-state index < -0.39 is 0 Å². The third-order valence-electron chi connectivity index (χ3n) is 6.17. The highest BCUT2D eigenvalue weighted by Gasteiger charge is 2.54. The van der Waals surface area contributed by atoms with E-state index in [1.807, 2.05) is 17.9 Å². The van der Waals surface area contributed by atoms with Crippen molar-refractivity contribution in [3.05, 3.63) is 23.7 Å². The Morgan fingerprint density at radius 2 is 2.08 bits per heavy atom. The molecule has 6 heteroatoms. The van der Waals surface area contributed by atoms with Crippen molar-refractivity contribution in [1.29, 1.82) is 0 Å². The number of aryl methyl sites for hydroxylation is 1. The highest BCUT2D eigenvalue weighted by molar-refractivity contribution is 5.93. The van der Waals surface area contributed by atoms with Gasteiger partial charge in [-0.05, 0) is 50.5 Å². The molecule has 1 aromatic heterocycles. The summed E-state index contributed by atoms with van der Waals surface area (Å²) in [6.45, 7) is 7.36. The second-order valence-corrected chi connectivity index (χ2v) is 7.91. The molecule has 0 bridgehead atoms. The highest BCUT2D eigenvalue weighted by atomic mass is 16.5. The van der Waals surface area contributed by atoms with Crippen LogP contribution in [0.2, 0.25) is 0 Å². The normalized spacial score (nSPS) is 25.6. The van der Waals surface area contributed by atoms with Gasteiger partial charge < -0.3 is 23.5 Å². The maximum absolute atomic E-state index is 12.5. The SMILES string of the molecule is Cc1ccoc1C(=O)N1CC2(C1)OCCC2CCOCC1CCOCC1. The lowest BCUT2D eigenvalue weighted by atomic mass is 9.79. The molecule has 1 aromatic rings. The number of carbonyl (C=O) groups is 1. The van der Waals surface area contributed by atoms with Crippen molar-refractivity contribution in [1.82, 2.24) is 4.90 Å². The average molecular weight is 363 g/mol. The zero-order valence-corrected chi connectivity index (χ0v) is 15.6. The van der Waals surface area contributed by atoms with Crippen LogP contribution in [0.15, 0.2) is 16.7 Å². The Morgan fingerprint density at radius 3 is 2.81 bits per heavy atom. The Kier molecular flexibility index (Phi) is 5.34. The summed E-state index contributed by atoms with van der Waals surface area (Å²) in [4.78, 5) is 14.4. The van der Waals surface area contributed by atoms with E-state index in [4.69, 9.17) is 18.6 Å². The minimum absolute atomic E-state index is 0.0249. The molecule has 0 aliphatic carbocycles. The molecule has 0 saturated carbocycles. The quantitative estimate of drug-likeness (QED) is 0.727. The van der Waals surface area contributed by atoms with Crippen molar-refractivity contribution in [2.24, 2.45) is 11.8 Å². The van der Waals surface area contributed by atoms with Gasteiger partial charge in [0.2, 0.25) is 0 Å². The molecule has 0 N–H and O–H groups in total. The molecule has 0 aromatic carbocycles. The standard InChI is InChI=1S/C20H29NO5/c1-15-2-10-25-18(15)19(22)21-13-20(14-21)17(6-11-26-20)5-9-24-12-16-3-7-23-8-4-16/h2,10,16-17H,3-9,11-14H2,1H3. The summed E-state index contributed by atoms with van der Waals surface area (Å²) in [5.41, 5.74) is 0.722. The maximum Gasteiger partial charge on any atom is 0.290 e. The Balaban J connectivity index is 1.23. The number of carbonyl (C=O) groups excluding carboxylic acids is 1. The lowest BCUT2D eigenvalue weighted by Crippen LogP contribution is -2.66. The third kappa shape index (κ3) is 3.55. The third-order valence-corrected chi connectivity index (χ3v) is 6.17. The summed E-state index contributed by atoms with van der Waals surface area (Å²) in [5.74, 6) is 1.54. The van der Waals surface area contributed by atoms with Crippen molar-refractivity contribution >= 4 is 5.91 Å². The Morgan fingerprint density at radius 1 is 1.27 bits per heavy atom. The molecular weight excluding hydrogens is 334 g/mol. The van der Waals surface area contributed by atoms with Gasteiger partial charge >= 0.3 is 0 Å². The van der Waals surface area contributed by atoms with Gasteiger partial charge in [0.1, 0.15) is 5.60 Å². The predicted molar refractivity (Wildman–Crippen MR) is 95.1 cm³/mol. The van der Waals surface area contributed by atoms with E-state index in [9.17, 15) is 4.79 Å². The lowest BCUT2D eigenvalue weighted by Gasteiger charge is -2.50. The van der Waals surface area contributed by atoms with E-state index >= 15 is 0 Å². The van der Waals surface area contributed by atoms with E-state index in [1.165, 1.54) is 0 Å². The van der Waals surface area contributed by atoms with Crippen molar-refractivity contribution < 1.29 is 23.4 Å². The van der Waals surface area contributed by atoms with E-state index in [2.05, 4.69) is 0 Å². The van der Waals surface area contributed by atoms with Gasteiger partial charge in [-0.15, -0.1) is 0 Å². The summed E-state index contributed by atoms with van der Waals surface area (Å²) in [6.07, 6.45) is 5.86. The Labute approximate surface area is 154 Å². The first-order valence-electron chi connectivity index (χ1n) is 9.81. The molecule has 3 saturated heterocycles. The van der Waals surface area contributed by atoms with Crippen molar-refractivity contribution in [3.63, 3.8) is 0 Å². The Bertz CT molecular complexity index is 615. The van der Waals surface area contributed by atoms with Crippen LogP contribution in [0.4, 0.5) is 0 Å². The molecule has 1 atom stereocenters. The molecule has 1 unspecified atom stereocenters. The van der Waals surface area contributed by atoms with E-state index in [-0.39, 0.29) is 11.5 Å². The molecule has 26 heavy (non-hydrogen) atoms. The van der Waals surface area contributed by atoms with Crippen LogP contribution in [0.25, 0.3) is 0 Å². The van der Waals surface area contributed by atoms with Gasteiger partial charge in [-0.25, -0.2) is 0 Å². The van der Waals surface area contributed by atoms with Crippen LogP contribution in [0.1, 0.15) is 41.8 Å². The second-order valence-electron chi connectivity index (χ2n) is 7.91. The molecule has 4 rings (SSSR count). The molecule has 3 aliphatic rings. The molecule has 144 valence electrons. The van der Waals surface area contributed by atoms with Crippen LogP contribution < -0.4 is 0 Å². The molecule has 3 aliphatic heterocycles. The molecular formula is C20H29NO5. The van der Waals surface area contributed by atoms with Crippen LogP contribution in [0, 0.1) is 18.8 Å². The summed E-state index contributed by atoms with van der Waals surface area (Å²) < 4.78 is 22.7. The van der Waals surface area contributed by atoms with Crippen LogP contribution in [-0.4, -0.2) is 62.5 Å². The Hall–Kier alpha value is -1.37. The summed E-state index contributed by atoms with van der Waals surface area (Å²) in [6, 6.07) is 1.83. The minimum Gasteiger partial charge on any atom is -0.459 e. The van der Waals surface area contributed by atoms with Gasteiger partial charge in [-0.2, -0.15) is 0 Å². The predicted octanol–water partition coefficient (Wildman–Crippen LogP) is 2.65. The first kappa shape index (κ1) is 18.0. The van der Waals surface area contributed by atoms with Crippen molar-refractivity contribution in [2.45, 2.75) is 38.2 Å². The van der Waals surface area contributed by atoms with Gasteiger partial charge in [0.15, 0.2) is 5.76 Å². The number of hydrogen-bond acceptors (Lipinski definition) is 5. The summed E-state index contributed by atoms with van der Waals surface area (Å²) in [7, 11) is 0. The second kappa shape index (κ2) is 7.71.